The predicted molar refractivity (Wildman–Crippen MR) is 202 cm³/mol. The van der Waals surface area contributed by atoms with Crippen LogP contribution < -0.4 is 14.3 Å². The molecule has 3 N–H and O–H groups in total. The molecule has 0 radical (unpaired) electrons. The van der Waals surface area contributed by atoms with E-state index in [1.165, 1.54) is 6.92 Å². The minimum absolute atomic E-state index is 0.0993. The normalized spacial score (nSPS) is 22.0. The summed E-state index contributed by atoms with van der Waals surface area (Å²) < 4.78 is 37.5. The summed E-state index contributed by atoms with van der Waals surface area (Å²) in [5.74, 6) is 4.12. The van der Waals surface area contributed by atoms with Crippen molar-refractivity contribution in [1.29, 1.82) is 0 Å². The number of hydrogen-bond acceptors (Lipinski definition) is 10. The van der Waals surface area contributed by atoms with Gasteiger partial charge >= 0.3 is 0 Å². The number of carbonyl (C=O) groups excluding carboxylic acids is 3. The third-order valence-corrected chi connectivity index (χ3v) is 9.65. The Bertz CT molecular complexity index is 1510. The molecule has 3 aliphatic heterocycles. The largest absolute Gasteiger partial charge is 0.378 e. The van der Waals surface area contributed by atoms with Crippen molar-refractivity contribution in [2.24, 2.45) is 0 Å². The van der Waals surface area contributed by atoms with Crippen molar-refractivity contribution in [2.45, 2.75) is 102 Å². The topological polar surface area (TPSA) is 152 Å². The first-order valence-corrected chi connectivity index (χ1v) is 19.5. The zero-order valence-electron chi connectivity index (χ0n) is 30.2. The van der Waals surface area contributed by atoms with Crippen LogP contribution in [0.25, 0.3) is 0 Å². The summed E-state index contributed by atoms with van der Waals surface area (Å²) in [6.45, 7) is 4.81. The fourth-order valence-electron chi connectivity index (χ4n) is 5.89. The van der Waals surface area contributed by atoms with Gasteiger partial charge in [-0.05, 0) is 107 Å². The summed E-state index contributed by atoms with van der Waals surface area (Å²) in [5, 5.41) is 2.54. The van der Waals surface area contributed by atoms with Crippen LogP contribution in [0.15, 0.2) is 48.5 Å². The Kier molecular flexibility index (Phi) is 16.8. The van der Waals surface area contributed by atoms with E-state index in [-0.39, 0.29) is 24.2 Å². The molecule has 0 aromatic heterocycles. The second-order valence-electron chi connectivity index (χ2n) is 13.3. The molecule has 0 saturated carbocycles. The van der Waals surface area contributed by atoms with Gasteiger partial charge in [0.25, 0.3) is 17.7 Å². The molecule has 3 fully saturated rings. The number of amides is 3. The van der Waals surface area contributed by atoms with Crippen molar-refractivity contribution in [2.75, 3.05) is 39.6 Å². The molecular weight excluding hydrogens is 797 g/mol. The van der Waals surface area contributed by atoms with E-state index in [2.05, 4.69) is 26.2 Å². The molecule has 0 spiro atoms. The molecule has 13 nitrogen and oxygen atoms in total. The van der Waals surface area contributed by atoms with Crippen molar-refractivity contribution in [3.05, 3.63) is 70.8 Å². The molecule has 288 valence electrons. The molecule has 3 saturated heterocycles. The van der Waals surface area contributed by atoms with E-state index in [0.29, 0.717) is 45.0 Å². The van der Waals surface area contributed by atoms with Gasteiger partial charge in [-0.15, -0.1) is 0 Å². The fourth-order valence-corrected chi connectivity index (χ4v) is 6.43. The Balaban J connectivity index is 1.14. The monoisotopic (exact) mass is 847 g/mol. The maximum absolute atomic E-state index is 13.2. The summed E-state index contributed by atoms with van der Waals surface area (Å²) in [4.78, 5) is 44.2. The van der Waals surface area contributed by atoms with Crippen LogP contribution in [-0.2, 0) is 42.8 Å². The van der Waals surface area contributed by atoms with Crippen molar-refractivity contribution in [1.82, 2.24) is 14.3 Å². The quantitative estimate of drug-likeness (QED) is 0.0517. The highest BCUT2D eigenvalue weighted by Crippen LogP contribution is 2.25. The van der Waals surface area contributed by atoms with Crippen molar-refractivity contribution < 1.29 is 47.6 Å². The molecule has 2 aromatic carbocycles. The second kappa shape index (κ2) is 21.7. The number of carbonyl (C=O) groups is 3. The highest BCUT2D eigenvalue weighted by atomic mass is 127. The summed E-state index contributed by atoms with van der Waals surface area (Å²) in [7, 11) is 0. The van der Waals surface area contributed by atoms with Crippen LogP contribution in [-0.4, -0.2) is 81.8 Å². The van der Waals surface area contributed by atoms with E-state index in [9.17, 15) is 14.4 Å². The zero-order valence-corrected chi connectivity index (χ0v) is 32.4. The lowest BCUT2D eigenvalue weighted by Crippen LogP contribution is -2.64. The van der Waals surface area contributed by atoms with Gasteiger partial charge in [0, 0.05) is 49.5 Å². The van der Waals surface area contributed by atoms with Gasteiger partial charge in [0.05, 0.1) is 36.1 Å². The number of hydroxylamine groups is 1. The van der Waals surface area contributed by atoms with Gasteiger partial charge in [-0.3, -0.25) is 17.9 Å². The van der Waals surface area contributed by atoms with Gasteiger partial charge in [0.15, 0.2) is 24.4 Å². The molecule has 3 aliphatic rings. The molecule has 3 heterocycles. The predicted octanol–water partition coefficient (Wildman–Crippen LogP) is 5.15. The minimum Gasteiger partial charge on any atom is -0.378 e. The lowest BCUT2D eigenvalue weighted by molar-refractivity contribution is -0.202. The third-order valence-electron chi connectivity index (χ3n) is 9.16. The van der Waals surface area contributed by atoms with E-state index in [1.807, 2.05) is 24.3 Å². The SMILES string of the molecule is C[C@](NC(=O)c1ccc(C#Cc2ccc([C@@H](COCCCOC3CCCCO3)OC3CCCCO3)cc2)cc1)(C(=O)NI)C(=O)NOC1CCCCO1. The van der Waals surface area contributed by atoms with Crippen LogP contribution in [0.1, 0.15) is 104 Å². The highest BCUT2D eigenvalue weighted by Gasteiger charge is 2.43. The first-order valence-electron chi connectivity index (χ1n) is 18.5. The van der Waals surface area contributed by atoms with Crippen LogP contribution in [0.3, 0.4) is 0 Å². The lowest BCUT2D eigenvalue weighted by atomic mass is 9.99. The Morgan fingerprint density at radius 1 is 0.792 bits per heavy atom. The Hall–Kier alpha value is -3.14. The Morgan fingerprint density at radius 2 is 1.38 bits per heavy atom. The molecule has 3 amide bonds. The maximum atomic E-state index is 13.2. The van der Waals surface area contributed by atoms with Gasteiger partial charge in [-0.2, -0.15) is 0 Å². The van der Waals surface area contributed by atoms with Gasteiger partial charge in [0.1, 0.15) is 6.10 Å². The minimum atomic E-state index is -1.95. The number of nitrogens with one attached hydrogen (secondary N) is 3. The van der Waals surface area contributed by atoms with E-state index >= 15 is 0 Å². The molecule has 0 aliphatic carbocycles. The van der Waals surface area contributed by atoms with E-state index in [4.69, 9.17) is 33.3 Å². The first kappa shape index (κ1) is 41.0. The van der Waals surface area contributed by atoms with Gasteiger partial charge in [-0.25, -0.2) is 10.3 Å². The average Bonchev–Trinajstić information content (AvgIpc) is 3.21. The zero-order chi connectivity index (χ0) is 37.3. The summed E-state index contributed by atoms with van der Waals surface area (Å²) in [6.07, 6.45) is 8.05. The molecular formula is C39H50IN3O10. The summed E-state index contributed by atoms with van der Waals surface area (Å²) in [6, 6.07) is 14.4. The number of rotatable bonds is 16. The van der Waals surface area contributed by atoms with Crippen LogP contribution in [0, 0.1) is 11.8 Å². The van der Waals surface area contributed by atoms with Crippen LogP contribution in [0.4, 0.5) is 0 Å². The number of halogens is 1. The third kappa shape index (κ3) is 13.0. The van der Waals surface area contributed by atoms with Crippen molar-refractivity contribution in [3.8, 4) is 11.8 Å². The standard InChI is InChI=1S/C39H50IN3O10/c1-39(37(45)42-40,38(46)43-53-35-11-4-7-25-51-35)41-36(44)31-20-16-29(17-21-31)13-12-28-14-18-30(19-15-28)32(52-34-10-3-6-24-50-34)27-47-22-8-26-49-33-9-2-5-23-48-33/h14-21,32-35H,2-11,22-27H2,1H3,(H,41,44)(H,42,45)(H,43,46)/t32-,33?,34?,35?,39+/m1/s1. The van der Waals surface area contributed by atoms with Gasteiger partial charge < -0.3 is 33.7 Å². The van der Waals surface area contributed by atoms with E-state index in [1.54, 1.807) is 47.1 Å². The van der Waals surface area contributed by atoms with Crippen LogP contribution in [0.5, 0.6) is 0 Å². The second-order valence-corrected chi connectivity index (χ2v) is 13.9. The number of benzene rings is 2. The maximum Gasteiger partial charge on any atom is 0.278 e. The molecule has 3 unspecified atom stereocenters. The lowest BCUT2D eigenvalue weighted by Gasteiger charge is -2.28. The van der Waals surface area contributed by atoms with Crippen molar-refractivity contribution >= 4 is 40.6 Å². The van der Waals surface area contributed by atoms with Gasteiger partial charge in [-0.1, -0.05) is 24.0 Å². The van der Waals surface area contributed by atoms with Crippen LogP contribution in [0.2, 0.25) is 0 Å². The van der Waals surface area contributed by atoms with Crippen LogP contribution >= 0.6 is 22.9 Å². The first-order chi connectivity index (χ1) is 25.8. The smallest absolute Gasteiger partial charge is 0.278 e. The van der Waals surface area contributed by atoms with E-state index < -0.39 is 29.6 Å². The fraction of sp³-hybridized carbons (Fsp3) is 0.564. The van der Waals surface area contributed by atoms with E-state index in [0.717, 1.165) is 75.5 Å². The molecule has 5 rings (SSSR count). The molecule has 14 heteroatoms. The average molecular weight is 848 g/mol. The number of ether oxygens (including phenoxy) is 6. The summed E-state index contributed by atoms with van der Waals surface area (Å²) >= 11 is 1.62. The Morgan fingerprint density at radius 3 is 1.96 bits per heavy atom. The summed E-state index contributed by atoms with van der Waals surface area (Å²) in [5.41, 5.74) is 3.03. The Labute approximate surface area is 325 Å². The van der Waals surface area contributed by atoms with Crippen molar-refractivity contribution in [3.63, 3.8) is 0 Å². The molecule has 53 heavy (non-hydrogen) atoms. The highest BCUT2D eigenvalue weighted by molar-refractivity contribution is 14.1. The molecule has 2 aromatic rings. The molecule has 0 bridgehead atoms. The number of hydrogen-bond donors (Lipinski definition) is 3. The molecule has 5 atom stereocenters. The van der Waals surface area contributed by atoms with Gasteiger partial charge in [0.2, 0.25) is 0 Å².